The van der Waals surface area contributed by atoms with Crippen molar-refractivity contribution in [3.05, 3.63) is 34.4 Å². The number of benzene rings is 1. The van der Waals surface area contributed by atoms with Gasteiger partial charge in [-0.1, -0.05) is 26.0 Å². The summed E-state index contributed by atoms with van der Waals surface area (Å²) in [6, 6.07) is 0.457. The molecule has 4 atom stereocenters. The van der Waals surface area contributed by atoms with Crippen LogP contribution in [-0.2, 0) is 35.2 Å². The van der Waals surface area contributed by atoms with E-state index in [0.717, 1.165) is 15.4 Å². The fraction of sp³-hybridized carbons (Fsp3) is 0.483. The summed E-state index contributed by atoms with van der Waals surface area (Å²) in [5, 5.41) is 20.3. The number of aliphatic carboxylic acids is 1. The SMILES string of the molecule is CC(C)[C@@H]1C(=O)N[C@@H](CCCN=C(N)N)C(=O)NCC(=O)N[C@@H](CC(=O)O)C(=O)N[C@@H](Cc2c[nH]c3c(Br)cccc23)C(=O)N1C. The van der Waals surface area contributed by atoms with E-state index in [2.05, 4.69) is 47.2 Å². The highest BCUT2D eigenvalue weighted by Crippen LogP contribution is 2.27. The number of para-hydroxylation sites is 1. The van der Waals surface area contributed by atoms with Crippen molar-refractivity contribution in [2.24, 2.45) is 22.4 Å². The van der Waals surface area contributed by atoms with E-state index in [1.807, 2.05) is 18.2 Å². The van der Waals surface area contributed by atoms with Crippen LogP contribution >= 0.6 is 15.9 Å². The number of amides is 5. The van der Waals surface area contributed by atoms with Crippen LogP contribution in [0.2, 0.25) is 0 Å². The van der Waals surface area contributed by atoms with E-state index < -0.39 is 78.6 Å². The first kappa shape index (κ1) is 35.8. The van der Waals surface area contributed by atoms with Crippen molar-refractivity contribution in [2.45, 2.75) is 63.7 Å². The lowest BCUT2D eigenvalue weighted by Gasteiger charge is -2.34. The summed E-state index contributed by atoms with van der Waals surface area (Å²) >= 11 is 3.48. The molecule has 0 bridgehead atoms. The van der Waals surface area contributed by atoms with Crippen LogP contribution in [0.15, 0.2) is 33.9 Å². The van der Waals surface area contributed by atoms with Crippen molar-refractivity contribution < 1.29 is 33.9 Å². The average molecular weight is 707 g/mol. The normalized spacial score (nSPS) is 21.9. The minimum absolute atomic E-state index is 0.0288. The number of carboxylic acids is 1. The van der Waals surface area contributed by atoms with Gasteiger partial charge in [0.25, 0.3) is 0 Å². The summed E-state index contributed by atoms with van der Waals surface area (Å²) in [5.74, 6) is -5.70. The molecule has 250 valence electrons. The number of carbonyl (C=O) groups excluding carboxylic acids is 5. The second-order valence-electron chi connectivity index (χ2n) is 11.3. The Labute approximate surface area is 273 Å². The Bertz CT molecular complexity index is 1500. The highest BCUT2D eigenvalue weighted by atomic mass is 79.9. The van der Waals surface area contributed by atoms with Gasteiger partial charge in [-0.2, -0.15) is 0 Å². The monoisotopic (exact) mass is 705 g/mol. The molecular weight excluding hydrogens is 666 g/mol. The topological polar surface area (TPSA) is 254 Å². The third-order valence-electron chi connectivity index (χ3n) is 7.49. The minimum atomic E-state index is -1.57. The zero-order valence-corrected chi connectivity index (χ0v) is 27.3. The van der Waals surface area contributed by atoms with Gasteiger partial charge >= 0.3 is 5.97 Å². The maximum Gasteiger partial charge on any atom is 0.305 e. The number of rotatable bonds is 9. The van der Waals surface area contributed by atoms with Crippen LogP contribution in [0, 0.1) is 5.92 Å². The Morgan fingerprint density at radius 2 is 1.74 bits per heavy atom. The molecule has 1 fully saturated rings. The van der Waals surface area contributed by atoms with Gasteiger partial charge in [-0.15, -0.1) is 0 Å². The minimum Gasteiger partial charge on any atom is -0.481 e. The average Bonchev–Trinajstić information content (AvgIpc) is 3.39. The Hall–Kier alpha value is -4.67. The molecule has 0 spiro atoms. The van der Waals surface area contributed by atoms with Gasteiger partial charge in [0, 0.05) is 36.1 Å². The number of hydrogen-bond donors (Lipinski definition) is 8. The molecule has 46 heavy (non-hydrogen) atoms. The second kappa shape index (κ2) is 16.1. The van der Waals surface area contributed by atoms with Crippen molar-refractivity contribution >= 4 is 68.3 Å². The zero-order chi connectivity index (χ0) is 34.1. The van der Waals surface area contributed by atoms with Crippen molar-refractivity contribution in [3.8, 4) is 0 Å². The van der Waals surface area contributed by atoms with E-state index in [1.165, 1.54) is 11.9 Å². The molecule has 1 aromatic heterocycles. The van der Waals surface area contributed by atoms with Crippen molar-refractivity contribution in [3.63, 3.8) is 0 Å². The van der Waals surface area contributed by atoms with E-state index in [0.29, 0.717) is 12.0 Å². The first-order chi connectivity index (χ1) is 21.7. The molecule has 1 aromatic carbocycles. The highest BCUT2D eigenvalue weighted by Gasteiger charge is 2.37. The van der Waals surface area contributed by atoms with Crippen molar-refractivity contribution in [2.75, 3.05) is 20.1 Å². The molecule has 0 saturated carbocycles. The van der Waals surface area contributed by atoms with Crippen LogP contribution in [0.4, 0.5) is 0 Å². The third kappa shape index (κ3) is 9.42. The second-order valence-corrected chi connectivity index (χ2v) is 12.2. The first-order valence-electron chi connectivity index (χ1n) is 14.7. The van der Waals surface area contributed by atoms with E-state index in [9.17, 15) is 33.9 Å². The van der Waals surface area contributed by atoms with Crippen LogP contribution in [0.25, 0.3) is 10.9 Å². The summed E-state index contributed by atoms with van der Waals surface area (Å²) in [6.07, 6.45) is 1.27. The fourth-order valence-electron chi connectivity index (χ4n) is 5.29. The Balaban J connectivity index is 2.04. The number of aliphatic imine (C=N–C) groups is 1. The number of halogens is 1. The number of carbonyl (C=O) groups is 6. The lowest BCUT2D eigenvalue weighted by atomic mass is 9.98. The Morgan fingerprint density at radius 3 is 2.39 bits per heavy atom. The zero-order valence-electron chi connectivity index (χ0n) is 25.8. The molecule has 16 nitrogen and oxygen atoms in total. The predicted octanol–water partition coefficient (Wildman–Crippen LogP) is -0.932. The highest BCUT2D eigenvalue weighted by molar-refractivity contribution is 9.10. The molecule has 3 rings (SSSR count). The molecule has 1 aliphatic heterocycles. The molecule has 1 aliphatic rings. The number of fused-ring (bicyclic) bond motifs is 1. The summed E-state index contributed by atoms with van der Waals surface area (Å²) in [4.78, 5) is 87.0. The van der Waals surface area contributed by atoms with Crippen LogP contribution in [0.3, 0.4) is 0 Å². The summed E-state index contributed by atoms with van der Waals surface area (Å²) in [7, 11) is 1.42. The molecule has 1 saturated heterocycles. The lowest BCUT2D eigenvalue weighted by molar-refractivity contribution is -0.144. The fourth-order valence-corrected chi connectivity index (χ4v) is 5.78. The van der Waals surface area contributed by atoms with E-state index in [4.69, 9.17) is 11.5 Å². The van der Waals surface area contributed by atoms with Crippen LogP contribution in [0.1, 0.15) is 38.7 Å². The maximum atomic E-state index is 14.1. The van der Waals surface area contributed by atoms with Crippen molar-refractivity contribution in [1.82, 2.24) is 31.2 Å². The number of nitrogens with zero attached hydrogens (tertiary/aromatic N) is 2. The van der Waals surface area contributed by atoms with Gasteiger partial charge in [-0.3, -0.25) is 33.8 Å². The Kier molecular flexibility index (Phi) is 12.5. The van der Waals surface area contributed by atoms with Gasteiger partial charge in [0.2, 0.25) is 29.5 Å². The van der Waals surface area contributed by atoms with Crippen molar-refractivity contribution in [1.29, 1.82) is 0 Å². The number of nitrogens with one attached hydrogen (secondary N) is 5. The predicted molar refractivity (Wildman–Crippen MR) is 172 cm³/mol. The number of likely N-dealkylation sites (N-methyl/N-ethyl adjacent to an activating group) is 1. The smallest absolute Gasteiger partial charge is 0.305 e. The van der Waals surface area contributed by atoms with Gasteiger partial charge in [-0.25, -0.2) is 0 Å². The number of guanidine groups is 1. The lowest BCUT2D eigenvalue weighted by Crippen LogP contribution is -2.59. The number of nitrogens with two attached hydrogens (primary N) is 2. The molecule has 17 heteroatoms. The van der Waals surface area contributed by atoms with E-state index in [1.54, 1.807) is 20.0 Å². The van der Waals surface area contributed by atoms with Gasteiger partial charge in [0.05, 0.1) is 18.5 Å². The van der Waals surface area contributed by atoms with E-state index >= 15 is 0 Å². The standard InChI is InChI=1S/C29H40BrN9O7/c1-14(2)24-27(45)37-18(8-5-9-33-29(31)32)25(43)35-13-21(40)36-19(11-22(41)42)26(44)38-20(28(46)39(24)3)10-15-12-34-23-16(15)6-4-7-17(23)30/h4,6-7,12,14,18-20,24,34H,5,8-11,13H2,1-3H3,(H,35,43)(H,36,40)(H,37,45)(H,38,44)(H,41,42)(H4,31,32,33)/t18-,19-,20-,24+/m0/s1. The molecular formula is C29H40BrN9O7. The molecule has 0 unspecified atom stereocenters. The first-order valence-corrected chi connectivity index (χ1v) is 15.4. The summed E-state index contributed by atoms with van der Waals surface area (Å²) in [6.45, 7) is 3.02. The number of aromatic amines is 1. The van der Waals surface area contributed by atoms with E-state index in [-0.39, 0.29) is 25.3 Å². The van der Waals surface area contributed by atoms with Gasteiger partial charge < -0.3 is 47.7 Å². The largest absolute Gasteiger partial charge is 0.481 e. The molecule has 0 radical (unpaired) electrons. The summed E-state index contributed by atoms with van der Waals surface area (Å²) < 4.78 is 0.780. The van der Waals surface area contributed by atoms with Gasteiger partial charge in [0.15, 0.2) is 5.96 Å². The van der Waals surface area contributed by atoms with Gasteiger partial charge in [0.1, 0.15) is 24.2 Å². The summed E-state index contributed by atoms with van der Waals surface area (Å²) in [5.41, 5.74) is 12.2. The quantitative estimate of drug-likeness (QED) is 0.0910. The number of aromatic nitrogens is 1. The number of H-pyrrole nitrogens is 1. The molecule has 5 amide bonds. The number of carboxylic acid groups (broad SMARTS) is 1. The molecule has 2 aromatic rings. The molecule has 2 heterocycles. The molecule has 10 N–H and O–H groups in total. The maximum absolute atomic E-state index is 14.1. The van der Waals surface area contributed by atoms with Crippen LogP contribution in [-0.4, -0.2) is 101 Å². The number of hydrogen-bond acceptors (Lipinski definition) is 7. The van der Waals surface area contributed by atoms with Crippen LogP contribution < -0.4 is 32.7 Å². The van der Waals surface area contributed by atoms with Gasteiger partial charge in [-0.05, 0) is 46.3 Å². The van der Waals surface area contributed by atoms with Crippen LogP contribution in [0.5, 0.6) is 0 Å². The Morgan fingerprint density at radius 1 is 1.04 bits per heavy atom. The molecule has 0 aliphatic carbocycles. The third-order valence-corrected chi connectivity index (χ3v) is 8.15.